The van der Waals surface area contributed by atoms with Crippen molar-refractivity contribution in [3.05, 3.63) is 29.6 Å². The number of aromatic nitrogens is 4. The fourth-order valence-corrected chi connectivity index (χ4v) is 1.96. The average molecular weight is 274 g/mol. The predicted octanol–water partition coefficient (Wildman–Crippen LogP) is 0.381. The zero-order valence-electron chi connectivity index (χ0n) is 10.9. The Kier molecular flexibility index (Phi) is 3.30. The Balaban J connectivity index is 1.66. The molecule has 0 aliphatic carbocycles. The lowest BCUT2D eigenvalue weighted by molar-refractivity contribution is -0.118. The van der Waals surface area contributed by atoms with Crippen LogP contribution in [0.25, 0.3) is 0 Å². The third kappa shape index (κ3) is 2.59. The standard InChI is InChI=1S/C12H14N6O2/c1-7(12-15-17-18-16-12)13-5-8-2-3-10-9(4-8)14-11(19)6-20-10/h2-4,7,13H,5-6H2,1H3,(H,14,19)(H,15,16,17,18). The summed E-state index contributed by atoms with van der Waals surface area (Å²) in [5.74, 6) is 1.17. The molecule has 8 nitrogen and oxygen atoms in total. The van der Waals surface area contributed by atoms with Gasteiger partial charge in [-0.1, -0.05) is 11.3 Å². The first-order valence-electron chi connectivity index (χ1n) is 6.24. The molecule has 0 saturated carbocycles. The molecule has 1 atom stereocenters. The molecular formula is C12H14N6O2. The largest absolute Gasteiger partial charge is 0.482 e. The van der Waals surface area contributed by atoms with Gasteiger partial charge in [0, 0.05) is 6.54 Å². The molecule has 3 rings (SSSR count). The predicted molar refractivity (Wildman–Crippen MR) is 70.0 cm³/mol. The number of fused-ring (bicyclic) bond motifs is 1. The number of amides is 1. The molecule has 1 unspecified atom stereocenters. The summed E-state index contributed by atoms with van der Waals surface area (Å²) in [5, 5.41) is 19.9. The summed E-state index contributed by atoms with van der Waals surface area (Å²) >= 11 is 0. The van der Waals surface area contributed by atoms with Gasteiger partial charge in [-0.3, -0.25) is 4.79 Å². The third-order valence-electron chi connectivity index (χ3n) is 3.04. The highest BCUT2D eigenvalue weighted by Crippen LogP contribution is 2.28. The summed E-state index contributed by atoms with van der Waals surface area (Å²) in [5.41, 5.74) is 1.73. The van der Waals surface area contributed by atoms with Crippen LogP contribution in [0.2, 0.25) is 0 Å². The Morgan fingerprint density at radius 3 is 3.20 bits per heavy atom. The van der Waals surface area contributed by atoms with Gasteiger partial charge in [-0.15, -0.1) is 10.2 Å². The van der Waals surface area contributed by atoms with Gasteiger partial charge in [0.05, 0.1) is 11.7 Å². The summed E-state index contributed by atoms with van der Waals surface area (Å²) in [6, 6.07) is 5.68. The van der Waals surface area contributed by atoms with E-state index in [0.717, 1.165) is 5.56 Å². The molecule has 0 spiro atoms. The van der Waals surface area contributed by atoms with Crippen LogP contribution in [0.5, 0.6) is 5.75 Å². The van der Waals surface area contributed by atoms with E-state index in [9.17, 15) is 4.79 Å². The number of nitrogens with zero attached hydrogens (tertiary/aromatic N) is 3. The second-order valence-electron chi connectivity index (χ2n) is 4.54. The van der Waals surface area contributed by atoms with Gasteiger partial charge in [0.2, 0.25) is 0 Å². The minimum atomic E-state index is -0.136. The van der Waals surface area contributed by atoms with Crippen LogP contribution in [0, 0.1) is 0 Å². The summed E-state index contributed by atoms with van der Waals surface area (Å²) in [4.78, 5) is 11.3. The Hall–Kier alpha value is -2.48. The maximum absolute atomic E-state index is 11.3. The van der Waals surface area contributed by atoms with Gasteiger partial charge < -0.3 is 15.4 Å². The Bertz CT molecular complexity index is 612. The first-order valence-corrected chi connectivity index (χ1v) is 6.24. The van der Waals surface area contributed by atoms with E-state index in [1.165, 1.54) is 0 Å². The molecule has 0 radical (unpaired) electrons. The summed E-state index contributed by atoms with van der Waals surface area (Å²) in [7, 11) is 0. The second-order valence-corrected chi connectivity index (χ2v) is 4.54. The minimum absolute atomic E-state index is 0.0179. The number of hydrogen-bond donors (Lipinski definition) is 3. The number of H-pyrrole nitrogens is 1. The molecule has 1 aliphatic rings. The van der Waals surface area contributed by atoms with Crippen molar-refractivity contribution in [3.63, 3.8) is 0 Å². The lowest BCUT2D eigenvalue weighted by Gasteiger charge is -2.19. The lowest BCUT2D eigenvalue weighted by Crippen LogP contribution is -2.25. The number of hydrogen-bond acceptors (Lipinski definition) is 6. The van der Waals surface area contributed by atoms with Gasteiger partial charge in [0.15, 0.2) is 12.4 Å². The van der Waals surface area contributed by atoms with Crippen LogP contribution < -0.4 is 15.4 Å². The summed E-state index contributed by atoms with van der Waals surface area (Å²) < 4.78 is 5.31. The van der Waals surface area contributed by atoms with Crippen LogP contribution in [0.1, 0.15) is 24.4 Å². The normalized spacial score (nSPS) is 15.2. The summed E-state index contributed by atoms with van der Waals surface area (Å²) in [6.07, 6.45) is 0. The maximum atomic E-state index is 11.3. The van der Waals surface area contributed by atoms with Crippen molar-refractivity contribution in [2.75, 3.05) is 11.9 Å². The average Bonchev–Trinajstić information content (AvgIpc) is 2.98. The van der Waals surface area contributed by atoms with Crippen molar-refractivity contribution >= 4 is 11.6 Å². The van der Waals surface area contributed by atoms with E-state index in [0.29, 0.717) is 23.8 Å². The van der Waals surface area contributed by atoms with Crippen molar-refractivity contribution in [3.8, 4) is 5.75 Å². The van der Waals surface area contributed by atoms with E-state index in [4.69, 9.17) is 4.74 Å². The first-order chi connectivity index (χ1) is 9.72. The number of carbonyl (C=O) groups is 1. The SMILES string of the molecule is CC(NCc1ccc2c(c1)NC(=O)CO2)c1nn[nH]n1. The molecule has 20 heavy (non-hydrogen) atoms. The van der Waals surface area contributed by atoms with E-state index >= 15 is 0 Å². The molecular weight excluding hydrogens is 260 g/mol. The van der Waals surface area contributed by atoms with Crippen LogP contribution in [0.3, 0.4) is 0 Å². The van der Waals surface area contributed by atoms with Crippen LogP contribution in [-0.2, 0) is 11.3 Å². The topological polar surface area (TPSA) is 105 Å². The van der Waals surface area contributed by atoms with Crippen molar-refractivity contribution < 1.29 is 9.53 Å². The van der Waals surface area contributed by atoms with Crippen LogP contribution >= 0.6 is 0 Å². The van der Waals surface area contributed by atoms with Crippen LogP contribution in [-0.4, -0.2) is 33.1 Å². The van der Waals surface area contributed by atoms with Gasteiger partial charge in [-0.2, -0.15) is 5.21 Å². The van der Waals surface area contributed by atoms with Crippen LogP contribution in [0.4, 0.5) is 5.69 Å². The van der Waals surface area contributed by atoms with Crippen molar-refractivity contribution in [2.24, 2.45) is 0 Å². The zero-order valence-corrected chi connectivity index (χ0v) is 10.9. The van der Waals surface area contributed by atoms with Gasteiger partial charge in [-0.05, 0) is 24.6 Å². The van der Waals surface area contributed by atoms with Gasteiger partial charge in [-0.25, -0.2) is 0 Å². The number of carbonyl (C=O) groups excluding carboxylic acids is 1. The molecule has 0 fully saturated rings. The highest BCUT2D eigenvalue weighted by Gasteiger charge is 2.16. The quantitative estimate of drug-likeness (QED) is 0.744. The number of tetrazole rings is 1. The molecule has 1 amide bonds. The minimum Gasteiger partial charge on any atom is -0.482 e. The van der Waals surface area contributed by atoms with E-state index in [2.05, 4.69) is 31.3 Å². The molecule has 0 bridgehead atoms. The van der Waals surface area contributed by atoms with E-state index < -0.39 is 0 Å². The Morgan fingerprint density at radius 2 is 2.40 bits per heavy atom. The Labute approximate surface area is 114 Å². The van der Waals surface area contributed by atoms with Crippen molar-refractivity contribution in [2.45, 2.75) is 19.5 Å². The number of benzene rings is 1. The van der Waals surface area contributed by atoms with Crippen molar-refractivity contribution in [1.82, 2.24) is 25.9 Å². The molecule has 2 heterocycles. The molecule has 104 valence electrons. The fraction of sp³-hybridized carbons (Fsp3) is 0.333. The Morgan fingerprint density at radius 1 is 1.50 bits per heavy atom. The third-order valence-corrected chi connectivity index (χ3v) is 3.04. The fourth-order valence-electron chi connectivity index (χ4n) is 1.96. The monoisotopic (exact) mass is 274 g/mol. The zero-order chi connectivity index (χ0) is 13.9. The highest BCUT2D eigenvalue weighted by atomic mass is 16.5. The first kappa shape index (κ1) is 12.5. The molecule has 1 aromatic heterocycles. The molecule has 8 heteroatoms. The van der Waals surface area contributed by atoms with Gasteiger partial charge >= 0.3 is 0 Å². The number of rotatable bonds is 4. The number of nitrogens with one attached hydrogen (secondary N) is 3. The van der Waals surface area contributed by atoms with Gasteiger partial charge in [0.25, 0.3) is 5.91 Å². The summed E-state index contributed by atoms with van der Waals surface area (Å²) in [6.45, 7) is 2.65. The molecule has 2 aromatic rings. The van der Waals surface area contributed by atoms with E-state index in [-0.39, 0.29) is 18.6 Å². The lowest BCUT2D eigenvalue weighted by atomic mass is 10.1. The van der Waals surface area contributed by atoms with Crippen molar-refractivity contribution in [1.29, 1.82) is 0 Å². The number of ether oxygens (including phenoxy) is 1. The molecule has 1 aromatic carbocycles. The molecule has 3 N–H and O–H groups in total. The van der Waals surface area contributed by atoms with E-state index in [1.807, 2.05) is 25.1 Å². The molecule has 0 saturated heterocycles. The molecule has 1 aliphatic heterocycles. The van der Waals surface area contributed by atoms with Gasteiger partial charge in [0.1, 0.15) is 5.75 Å². The number of aromatic amines is 1. The van der Waals surface area contributed by atoms with E-state index in [1.54, 1.807) is 0 Å². The highest BCUT2D eigenvalue weighted by molar-refractivity contribution is 5.95. The van der Waals surface area contributed by atoms with Crippen LogP contribution in [0.15, 0.2) is 18.2 Å². The smallest absolute Gasteiger partial charge is 0.262 e. The number of anilines is 1. The second kappa shape index (κ2) is 5.25. The maximum Gasteiger partial charge on any atom is 0.262 e.